The SMILES string of the molecule is CCOCCCNC(=S)N1CCC(OC)CC1. The minimum Gasteiger partial charge on any atom is -0.382 e. The van der Waals surface area contributed by atoms with Gasteiger partial charge in [0, 0.05) is 40.0 Å². The van der Waals surface area contributed by atoms with Crippen molar-refractivity contribution in [2.45, 2.75) is 32.3 Å². The van der Waals surface area contributed by atoms with Gasteiger partial charge in [-0.25, -0.2) is 0 Å². The molecule has 0 unspecified atom stereocenters. The number of piperidine rings is 1. The van der Waals surface area contributed by atoms with Gasteiger partial charge in [-0.2, -0.15) is 0 Å². The van der Waals surface area contributed by atoms with Crippen molar-refractivity contribution in [3.8, 4) is 0 Å². The molecule has 0 aliphatic carbocycles. The first-order valence-corrected chi connectivity index (χ1v) is 6.82. The van der Waals surface area contributed by atoms with Crippen molar-refractivity contribution in [1.82, 2.24) is 10.2 Å². The lowest BCUT2D eigenvalue weighted by Crippen LogP contribution is -2.45. The van der Waals surface area contributed by atoms with Crippen molar-refractivity contribution in [3.05, 3.63) is 0 Å². The molecule has 0 aromatic heterocycles. The van der Waals surface area contributed by atoms with E-state index in [9.17, 15) is 0 Å². The molecule has 4 nitrogen and oxygen atoms in total. The van der Waals surface area contributed by atoms with Gasteiger partial charge in [0.25, 0.3) is 0 Å². The van der Waals surface area contributed by atoms with E-state index in [4.69, 9.17) is 21.7 Å². The Balaban J connectivity index is 2.08. The Morgan fingerprint density at radius 3 is 2.71 bits per heavy atom. The van der Waals surface area contributed by atoms with E-state index in [2.05, 4.69) is 10.2 Å². The summed E-state index contributed by atoms with van der Waals surface area (Å²) < 4.78 is 10.6. The maximum absolute atomic E-state index is 5.36. The van der Waals surface area contributed by atoms with Gasteiger partial charge < -0.3 is 19.7 Å². The molecule has 0 saturated carbocycles. The Morgan fingerprint density at radius 2 is 2.12 bits per heavy atom. The maximum Gasteiger partial charge on any atom is 0.168 e. The summed E-state index contributed by atoms with van der Waals surface area (Å²) in [6.45, 7) is 6.49. The average Bonchev–Trinajstić information content (AvgIpc) is 2.38. The lowest BCUT2D eigenvalue weighted by molar-refractivity contribution is 0.0576. The number of methoxy groups -OCH3 is 1. The third kappa shape index (κ3) is 5.66. The van der Waals surface area contributed by atoms with Gasteiger partial charge in [-0.05, 0) is 38.4 Å². The fraction of sp³-hybridized carbons (Fsp3) is 0.917. The van der Waals surface area contributed by atoms with Gasteiger partial charge in [-0.1, -0.05) is 0 Å². The predicted molar refractivity (Wildman–Crippen MR) is 73.3 cm³/mol. The van der Waals surface area contributed by atoms with E-state index in [0.717, 1.165) is 57.2 Å². The van der Waals surface area contributed by atoms with Crippen molar-refractivity contribution < 1.29 is 9.47 Å². The number of ether oxygens (including phenoxy) is 2. The molecule has 1 fully saturated rings. The molecular weight excluding hydrogens is 236 g/mol. The first-order chi connectivity index (χ1) is 8.27. The van der Waals surface area contributed by atoms with Crippen molar-refractivity contribution >= 4 is 17.3 Å². The minimum absolute atomic E-state index is 0.409. The van der Waals surface area contributed by atoms with Gasteiger partial charge in [0.1, 0.15) is 0 Å². The van der Waals surface area contributed by atoms with Gasteiger partial charge in [-0.15, -0.1) is 0 Å². The molecule has 1 rings (SSSR count). The fourth-order valence-corrected chi connectivity index (χ4v) is 2.20. The summed E-state index contributed by atoms with van der Waals surface area (Å²) in [7, 11) is 1.78. The van der Waals surface area contributed by atoms with E-state index in [1.807, 2.05) is 6.92 Å². The third-order valence-electron chi connectivity index (χ3n) is 3.01. The third-order valence-corrected chi connectivity index (χ3v) is 3.41. The standard InChI is InChI=1S/C12H24N2O2S/c1-3-16-10-4-7-13-12(17)14-8-5-11(15-2)6-9-14/h11H,3-10H2,1-2H3,(H,13,17). The zero-order valence-corrected chi connectivity index (χ0v) is 11.7. The largest absolute Gasteiger partial charge is 0.382 e. The van der Waals surface area contributed by atoms with E-state index in [1.165, 1.54) is 0 Å². The molecule has 0 amide bonds. The van der Waals surface area contributed by atoms with Crippen LogP contribution in [-0.4, -0.2) is 56.1 Å². The van der Waals surface area contributed by atoms with Crippen LogP contribution in [0.2, 0.25) is 0 Å². The first-order valence-electron chi connectivity index (χ1n) is 6.41. The highest BCUT2D eigenvalue weighted by Gasteiger charge is 2.19. The lowest BCUT2D eigenvalue weighted by atomic mass is 10.1. The number of likely N-dealkylation sites (tertiary alicyclic amines) is 1. The van der Waals surface area contributed by atoms with E-state index < -0.39 is 0 Å². The molecule has 0 aromatic carbocycles. The molecule has 0 aromatic rings. The zero-order chi connectivity index (χ0) is 12.5. The van der Waals surface area contributed by atoms with Crippen LogP contribution in [0.5, 0.6) is 0 Å². The number of hydrogen-bond acceptors (Lipinski definition) is 3. The van der Waals surface area contributed by atoms with Gasteiger partial charge in [0.2, 0.25) is 0 Å². The second kappa shape index (κ2) is 8.66. The van der Waals surface area contributed by atoms with E-state index in [0.29, 0.717) is 6.10 Å². The van der Waals surface area contributed by atoms with E-state index in [-0.39, 0.29) is 0 Å². The predicted octanol–water partition coefficient (Wildman–Crippen LogP) is 1.40. The van der Waals surface area contributed by atoms with Crippen LogP contribution >= 0.6 is 12.2 Å². The van der Waals surface area contributed by atoms with Crippen molar-refractivity contribution in [3.63, 3.8) is 0 Å². The minimum atomic E-state index is 0.409. The highest BCUT2D eigenvalue weighted by Crippen LogP contribution is 2.12. The molecule has 1 saturated heterocycles. The molecule has 100 valence electrons. The molecule has 0 atom stereocenters. The monoisotopic (exact) mass is 260 g/mol. The number of nitrogens with one attached hydrogen (secondary N) is 1. The molecule has 1 aliphatic heterocycles. The Bertz CT molecular complexity index is 219. The first kappa shape index (κ1) is 14.7. The van der Waals surface area contributed by atoms with Crippen LogP contribution in [0.4, 0.5) is 0 Å². The van der Waals surface area contributed by atoms with Crippen molar-refractivity contribution in [2.24, 2.45) is 0 Å². The number of rotatable bonds is 6. The van der Waals surface area contributed by atoms with Crippen LogP contribution in [0.25, 0.3) is 0 Å². The van der Waals surface area contributed by atoms with Gasteiger partial charge in [0.15, 0.2) is 5.11 Å². The van der Waals surface area contributed by atoms with E-state index >= 15 is 0 Å². The van der Waals surface area contributed by atoms with Crippen molar-refractivity contribution in [1.29, 1.82) is 0 Å². The summed E-state index contributed by atoms with van der Waals surface area (Å²) in [5.74, 6) is 0. The Kier molecular flexibility index (Phi) is 7.48. The van der Waals surface area contributed by atoms with Crippen LogP contribution in [0.3, 0.4) is 0 Å². The molecule has 5 heteroatoms. The van der Waals surface area contributed by atoms with Gasteiger partial charge >= 0.3 is 0 Å². The molecular formula is C12H24N2O2S. The van der Waals surface area contributed by atoms with Gasteiger partial charge in [0.05, 0.1) is 6.10 Å². The Morgan fingerprint density at radius 1 is 1.41 bits per heavy atom. The van der Waals surface area contributed by atoms with Crippen LogP contribution < -0.4 is 5.32 Å². The Hall–Kier alpha value is -0.390. The zero-order valence-electron chi connectivity index (χ0n) is 10.9. The molecule has 1 N–H and O–H groups in total. The highest BCUT2D eigenvalue weighted by molar-refractivity contribution is 7.80. The summed E-state index contributed by atoms with van der Waals surface area (Å²) in [6, 6.07) is 0. The number of nitrogens with zero attached hydrogens (tertiary/aromatic N) is 1. The second-order valence-corrected chi connectivity index (χ2v) is 4.59. The number of thiocarbonyl (C=S) groups is 1. The Labute approximate surface area is 110 Å². The lowest BCUT2D eigenvalue weighted by Gasteiger charge is -2.33. The second-order valence-electron chi connectivity index (χ2n) is 4.20. The maximum atomic E-state index is 5.36. The molecule has 1 aliphatic rings. The highest BCUT2D eigenvalue weighted by atomic mass is 32.1. The van der Waals surface area contributed by atoms with Gasteiger partial charge in [-0.3, -0.25) is 0 Å². The average molecular weight is 260 g/mol. The topological polar surface area (TPSA) is 33.7 Å². The summed E-state index contributed by atoms with van der Waals surface area (Å²) in [5, 5.41) is 4.15. The number of hydrogen-bond donors (Lipinski definition) is 1. The summed E-state index contributed by atoms with van der Waals surface area (Å²) in [6.07, 6.45) is 3.55. The molecule has 0 radical (unpaired) electrons. The molecule has 1 heterocycles. The molecule has 17 heavy (non-hydrogen) atoms. The summed E-state index contributed by atoms with van der Waals surface area (Å²) in [4.78, 5) is 2.23. The van der Waals surface area contributed by atoms with Crippen molar-refractivity contribution in [2.75, 3.05) is 40.0 Å². The smallest absolute Gasteiger partial charge is 0.168 e. The summed E-state index contributed by atoms with van der Waals surface area (Å²) >= 11 is 5.36. The molecule has 0 spiro atoms. The van der Waals surface area contributed by atoms with Crippen LogP contribution in [0.1, 0.15) is 26.2 Å². The van der Waals surface area contributed by atoms with Crippen LogP contribution in [0.15, 0.2) is 0 Å². The van der Waals surface area contributed by atoms with Crippen LogP contribution in [0, 0.1) is 0 Å². The fourth-order valence-electron chi connectivity index (χ4n) is 1.92. The molecule has 0 bridgehead atoms. The van der Waals surface area contributed by atoms with Crippen LogP contribution in [-0.2, 0) is 9.47 Å². The quantitative estimate of drug-likeness (QED) is 0.577. The normalized spacial score (nSPS) is 17.2. The van der Waals surface area contributed by atoms with E-state index in [1.54, 1.807) is 7.11 Å². The summed E-state index contributed by atoms with van der Waals surface area (Å²) in [5.41, 5.74) is 0.